The number of allylic oxidation sites excluding steroid dienone is 1. The summed E-state index contributed by atoms with van der Waals surface area (Å²) in [6, 6.07) is 16.7. The van der Waals surface area contributed by atoms with E-state index in [1.54, 1.807) is 0 Å². The normalized spacial score (nSPS) is 19.3. The van der Waals surface area contributed by atoms with E-state index in [-0.39, 0.29) is 35.0 Å². The molecule has 35 heavy (non-hydrogen) atoms. The van der Waals surface area contributed by atoms with Crippen LogP contribution in [0.15, 0.2) is 76.6 Å². The van der Waals surface area contributed by atoms with Crippen LogP contribution in [0.5, 0.6) is 0 Å². The van der Waals surface area contributed by atoms with Gasteiger partial charge in [0.05, 0.1) is 41.7 Å². The Morgan fingerprint density at radius 3 is 2.51 bits per heavy atom. The number of halogens is 1. The highest BCUT2D eigenvalue weighted by atomic mass is 32.2. The maximum absolute atomic E-state index is 13.7. The first-order valence-corrected chi connectivity index (χ1v) is 11.5. The fourth-order valence-corrected chi connectivity index (χ4v) is 5.33. The van der Waals surface area contributed by atoms with Crippen LogP contribution in [0.1, 0.15) is 23.5 Å². The molecular formula is C25H21FN4O4S. The Balaban J connectivity index is 1.81. The summed E-state index contributed by atoms with van der Waals surface area (Å²) in [5.41, 5.74) is 7.70. The third-order valence-electron chi connectivity index (χ3n) is 5.72. The van der Waals surface area contributed by atoms with Gasteiger partial charge in [0.2, 0.25) is 5.91 Å². The van der Waals surface area contributed by atoms with Crippen LogP contribution >= 0.6 is 11.8 Å². The number of thioether (sulfide) groups is 1. The number of methoxy groups -OCH3 is 1. The molecule has 0 radical (unpaired) electrons. The van der Waals surface area contributed by atoms with Gasteiger partial charge >= 0.3 is 5.97 Å². The number of hydrogen-bond acceptors (Lipinski definition) is 7. The van der Waals surface area contributed by atoms with Crippen molar-refractivity contribution < 1.29 is 23.5 Å². The number of benzene rings is 2. The van der Waals surface area contributed by atoms with E-state index in [4.69, 9.17) is 10.5 Å². The van der Waals surface area contributed by atoms with Gasteiger partial charge < -0.3 is 15.8 Å². The number of rotatable bonds is 6. The largest absolute Gasteiger partial charge is 0.469 e. The molecule has 178 valence electrons. The summed E-state index contributed by atoms with van der Waals surface area (Å²) in [5, 5.41) is 12.2. The third kappa shape index (κ3) is 4.63. The monoisotopic (exact) mass is 492 g/mol. The number of carbonyl (C=O) groups excluding carboxylic acids is 3. The van der Waals surface area contributed by atoms with Gasteiger partial charge in [-0.3, -0.25) is 19.3 Å². The average molecular weight is 493 g/mol. The molecule has 2 aromatic rings. The summed E-state index contributed by atoms with van der Waals surface area (Å²) in [4.78, 5) is 39.7. The summed E-state index contributed by atoms with van der Waals surface area (Å²) >= 11 is 1.02. The maximum Gasteiger partial charge on any atom is 0.307 e. The number of fused-ring (bicyclic) bond motifs is 1. The molecule has 2 amide bonds. The van der Waals surface area contributed by atoms with Crippen molar-refractivity contribution in [1.82, 2.24) is 10.2 Å². The zero-order valence-electron chi connectivity index (χ0n) is 18.7. The minimum Gasteiger partial charge on any atom is -0.469 e. The molecule has 0 unspecified atom stereocenters. The zero-order valence-corrected chi connectivity index (χ0v) is 19.5. The summed E-state index contributed by atoms with van der Waals surface area (Å²) in [7, 11) is 1.22. The van der Waals surface area contributed by atoms with E-state index in [0.29, 0.717) is 5.56 Å². The van der Waals surface area contributed by atoms with Crippen molar-refractivity contribution in [2.45, 2.75) is 24.1 Å². The fraction of sp³-hybridized carbons (Fsp3) is 0.200. The number of amides is 2. The zero-order chi connectivity index (χ0) is 25.1. The van der Waals surface area contributed by atoms with Crippen LogP contribution in [0.3, 0.4) is 0 Å². The second-order valence-corrected chi connectivity index (χ2v) is 9.03. The second kappa shape index (κ2) is 10.0. The molecule has 10 heteroatoms. The second-order valence-electron chi connectivity index (χ2n) is 7.84. The molecule has 2 atom stereocenters. The first kappa shape index (κ1) is 24.0. The first-order chi connectivity index (χ1) is 16.8. The molecule has 2 aliphatic heterocycles. The van der Waals surface area contributed by atoms with Crippen molar-refractivity contribution in [2.24, 2.45) is 5.73 Å². The van der Waals surface area contributed by atoms with E-state index in [1.807, 2.05) is 36.4 Å². The highest BCUT2D eigenvalue weighted by molar-refractivity contribution is 8.04. The van der Waals surface area contributed by atoms with E-state index >= 15 is 0 Å². The van der Waals surface area contributed by atoms with Gasteiger partial charge in [0.15, 0.2) is 0 Å². The molecule has 1 fully saturated rings. The van der Waals surface area contributed by atoms with Gasteiger partial charge in [-0.2, -0.15) is 5.26 Å². The molecule has 2 aromatic carbocycles. The molecule has 1 saturated heterocycles. The minimum atomic E-state index is -0.931. The quantitative estimate of drug-likeness (QED) is 0.594. The molecule has 2 heterocycles. The lowest BCUT2D eigenvalue weighted by Crippen LogP contribution is -2.40. The summed E-state index contributed by atoms with van der Waals surface area (Å²) < 4.78 is 18.3. The van der Waals surface area contributed by atoms with E-state index in [0.717, 1.165) is 22.2 Å². The molecule has 8 nitrogen and oxygen atoms in total. The minimum absolute atomic E-state index is 0.0158. The van der Waals surface area contributed by atoms with Crippen LogP contribution in [-0.2, 0) is 25.7 Å². The van der Waals surface area contributed by atoms with Crippen LogP contribution in [0.25, 0.3) is 0 Å². The number of nitrogens with zero attached hydrogens (tertiary/aromatic N) is 2. The van der Waals surface area contributed by atoms with Crippen LogP contribution in [0, 0.1) is 17.1 Å². The molecule has 0 aromatic heterocycles. The lowest BCUT2D eigenvalue weighted by Gasteiger charge is -2.32. The van der Waals surface area contributed by atoms with E-state index < -0.39 is 34.8 Å². The number of nitrogens with one attached hydrogen (secondary N) is 1. The van der Waals surface area contributed by atoms with Gasteiger partial charge in [-0.05, 0) is 23.3 Å². The average Bonchev–Trinajstić information content (AvgIpc) is 3.19. The number of nitrogens with two attached hydrogens (primary N) is 1. The molecule has 3 N–H and O–H groups in total. The summed E-state index contributed by atoms with van der Waals surface area (Å²) in [6.45, 7) is 0.206. The van der Waals surface area contributed by atoms with Crippen molar-refractivity contribution in [1.29, 1.82) is 5.26 Å². The Morgan fingerprint density at radius 2 is 1.89 bits per heavy atom. The number of ether oxygens (including phenoxy) is 1. The van der Waals surface area contributed by atoms with Crippen LogP contribution in [-0.4, -0.2) is 35.0 Å². The smallest absolute Gasteiger partial charge is 0.307 e. The van der Waals surface area contributed by atoms with Crippen molar-refractivity contribution in [3.8, 4) is 6.07 Å². The van der Waals surface area contributed by atoms with E-state index in [1.165, 1.54) is 31.4 Å². The van der Waals surface area contributed by atoms with Gasteiger partial charge in [-0.25, -0.2) is 4.39 Å². The van der Waals surface area contributed by atoms with Crippen LogP contribution in [0.2, 0.25) is 0 Å². The summed E-state index contributed by atoms with van der Waals surface area (Å²) in [5.74, 6) is -3.16. The Kier molecular flexibility index (Phi) is 6.89. The maximum atomic E-state index is 13.7. The third-order valence-corrected chi connectivity index (χ3v) is 7.00. The molecule has 4 rings (SSSR count). The highest BCUT2D eigenvalue weighted by Crippen LogP contribution is 2.49. The fourth-order valence-electron chi connectivity index (χ4n) is 4.01. The number of nitriles is 1. The van der Waals surface area contributed by atoms with Crippen molar-refractivity contribution in [2.75, 3.05) is 7.11 Å². The molecule has 0 spiro atoms. The predicted octanol–water partition coefficient (Wildman–Crippen LogP) is 2.65. The Labute approximate surface area is 205 Å². The van der Waals surface area contributed by atoms with Gasteiger partial charge in [0, 0.05) is 6.54 Å². The number of hydrogen-bond donors (Lipinski definition) is 2. The topological polar surface area (TPSA) is 126 Å². The van der Waals surface area contributed by atoms with E-state index in [9.17, 15) is 24.0 Å². The van der Waals surface area contributed by atoms with Gasteiger partial charge in [0.25, 0.3) is 5.91 Å². The Hall–Kier alpha value is -4.10. The Bertz CT molecular complexity index is 1280. The van der Waals surface area contributed by atoms with Crippen LogP contribution in [0.4, 0.5) is 4.39 Å². The molecule has 2 aliphatic rings. The van der Waals surface area contributed by atoms with Gasteiger partial charge in [-0.15, -0.1) is 0 Å². The van der Waals surface area contributed by atoms with Gasteiger partial charge in [-0.1, -0.05) is 54.2 Å². The van der Waals surface area contributed by atoms with Crippen molar-refractivity contribution in [3.63, 3.8) is 0 Å². The highest BCUT2D eigenvalue weighted by Gasteiger charge is 2.48. The molecule has 0 bridgehead atoms. The van der Waals surface area contributed by atoms with Crippen LogP contribution < -0.4 is 11.1 Å². The van der Waals surface area contributed by atoms with Crippen molar-refractivity contribution in [3.05, 3.63) is 93.5 Å². The predicted molar refractivity (Wildman–Crippen MR) is 126 cm³/mol. The molecule has 0 saturated carbocycles. The Morgan fingerprint density at radius 1 is 1.20 bits per heavy atom. The number of esters is 1. The van der Waals surface area contributed by atoms with Gasteiger partial charge in [0.1, 0.15) is 16.9 Å². The SMILES string of the molecule is COC(=O)C[C@H]1SC2=C(C(=O)NCc3ccccc3)[C@H](c3ccc(F)cc3)C(C#N)=C(N)N2C1=O. The molecular weight excluding hydrogens is 471 g/mol. The number of carbonyl (C=O) groups is 3. The molecule has 0 aliphatic carbocycles. The summed E-state index contributed by atoms with van der Waals surface area (Å²) in [6.07, 6.45) is -0.227. The standard InChI is InChI=1S/C25H21FN4O4S/c1-34-19(31)11-18-24(33)30-22(28)17(12-27)20(15-7-9-16(26)10-8-15)21(25(30)35-18)23(32)29-13-14-5-3-2-4-6-14/h2-10,18,20H,11,13,28H2,1H3,(H,29,32)/t18-,20-/m1/s1. The van der Waals surface area contributed by atoms with E-state index in [2.05, 4.69) is 5.32 Å². The van der Waals surface area contributed by atoms with Crippen molar-refractivity contribution >= 4 is 29.5 Å². The lowest BCUT2D eigenvalue weighted by molar-refractivity contribution is -0.142. The lowest BCUT2D eigenvalue weighted by atomic mass is 9.82. The first-order valence-electron chi connectivity index (χ1n) is 10.6.